The molecule has 0 amide bonds. The molecular formula is C22H22Cl2N2O2S. The molecule has 0 bridgehead atoms. The maximum Gasteiger partial charge on any atom is 0.173 e. The zero-order valence-corrected chi connectivity index (χ0v) is 18.8. The lowest BCUT2D eigenvalue weighted by atomic mass is 9.92. The molecule has 7 heteroatoms. The zero-order chi connectivity index (χ0) is 21.1. The summed E-state index contributed by atoms with van der Waals surface area (Å²) in [6.45, 7) is 6.58. The van der Waals surface area contributed by atoms with Crippen molar-refractivity contribution in [2.75, 3.05) is 6.54 Å². The largest absolute Gasteiger partial charge is 0.489 e. The summed E-state index contributed by atoms with van der Waals surface area (Å²) in [7, 11) is 0. The third-order valence-electron chi connectivity index (χ3n) is 4.91. The third kappa shape index (κ3) is 4.74. The molecule has 152 valence electrons. The lowest BCUT2D eigenvalue weighted by Crippen LogP contribution is -2.47. The number of benzene rings is 2. The summed E-state index contributed by atoms with van der Waals surface area (Å²) in [6, 6.07) is 12.7. The first-order valence-corrected chi connectivity index (χ1v) is 10.4. The molecule has 4 nitrogen and oxygen atoms in total. The minimum absolute atomic E-state index is 0.0265. The molecule has 0 radical (unpaired) electrons. The van der Waals surface area contributed by atoms with Crippen molar-refractivity contribution in [2.24, 2.45) is 0 Å². The van der Waals surface area contributed by atoms with Crippen LogP contribution in [0.4, 0.5) is 0 Å². The van der Waals surface area contributed by atoms with Crippen LogP contribution < -0.4 is 10.1 Å². The molecule has 1 heterocycles. The first-order chi connectivity index (χ1) is 13.8. The van der Waals surface area contributed by atoms with Crippen LogP contribution in [0.2, 0.25) is 10.0 Å². The van der Waals surface area contributed by atoms with E-state index in [4.69, 9.17) is 40.2 Å². The first kappa shape index (κ1) is 21.6. The fourth-order valence-electron chi connectivity index (χ4n) is 3.43. The van der Waals surface area contributed by atoms with E-state index in [0.717, 1.165) is 22.4 Å². The van der Waals surface area contributed by atoms with Crippen molar-refractivity contribution in [1.82, 2.24) is 10.2 Å². The zero-order valence-electron chi connectivity index (χ0n) is 16.5. The number of carbonyl (C=O) groups excluding carboxylic acids is 1. The Morgan fingerprint density at radius 1 is 1.21 bits per heavy atom. The van der Waals surface area contributed by atoms with Crippen molar-refractivity contribution in [1.29, 1.82) is 0 Å². The summed E-state index contributed by atoms with van der Waals surface area (Å²) in [5.74, 6) is 0.733. The van der Waals surface area contributed by atoms with E-state index in [1.54, 1.807) is 19.1 Å². The number of halogens is 2. The van der Waals surface area contributed by atoms with Crippen LogP contribution in [0.5, 0.6) is 5.75 Å². The van der Waals surface area contributed by atoms with Gasteiger partial charge in [0.15, 0.2) is 10.9 Å². The van der Waals surface area contributed by atoms with E-state index in [0.29, 0.717) is 34.1 Å². The highest BCUT2D eigenvalue weighted by Gasteiger charge is 2.31. The van der Waals surface area contributed by atoms with E-state index < -0.39 is 0 Å². The van der Waals surface area contributed by atoms with Gasteiger partial charge in [-0.2, -0.15) is 0 Å². The van der Waals surface area contributed by atoms with Crippen LogP contribution in [0.1, 0.15) is 37.9 Å². The lowest BCUT2D eigenvalue weighted by molar-refractivity contribution is -0.114. The van der Waals surface area contributed by atoms with Gasteiger partial charge in [-0.3, -0.25) is 4.79 Å². The second-order valence-electron chi connectivity index (χ2n) is 6.78. The Labute approximate surface area is 186 Å². The molecule has 1 unspecified atom stereocenters. The van der Waals surface area contributed by atoms with Crippen LogP contribution in [-0.2, 0) is 11.4 Å². The molecule has 0 aliphatic carbocycles. The Hall–Kier alpha value is -2.08. The fraction of sp³-hybridized carbons (Fsp3) is 0.273. The average molecular weight is 449 g/mol. The molecule has 1 aliphatic heterocycles. The lowest BCUT2D eigenvalue weighted by Gasteiger charge is -2.37. The SMILES string of the molecule is CCN1C(=S)NC(c2ccc(OCc3ccc(Cl)cc3Cl)cc2)C(C(C)=O)=C1C. The number of carbonyl (C=O) groups is 1. The van der Waals surface area contributed by atoms with Crippen molar-refractivity contribution < 1.29 is 9.53 Å². The number of rotatable bonds is 6. The average Bonchev–Trinajstić information content (AvgIpc) is 2.67. The van der Waals surface area contributed by atoms with Gasteiger partial charge in [-0.15, -0.1) is 0 Å². The molecule has 2 aromatic carbocycles. The number of ether oxygens (including phenoxy) is 1. The van der Waals surface area contributed by atoms with Crippen molar-refractivity contribution in [3.05, 3.63) is 74.9 Å². The van der Waals surface area contributed by atoms with Crippen molar-refractivity contribution in [3.8, 4) is 5.75 Å². The summed E-state index contributed by atoms with van der Waals surface area (Å²) < 4.78 is 5.85. The highest BCUT2D eigenvalue weighted by atomic mass is 35.5. The molecule has 0 saturated heterocycles. The molecule has 3 rings (SSSR count). The molecule has 29 heavy (non-hydrogen) atoms. The van der Waals surface area contributed by atoms with E-state index >= 15 is 0 Å². The molecule has 2 aromatic rings. The number of hydrogen-bond donors (Lipinski definition) is 1. The maximum absolute atomic E-state index is 12.3. The van der Waals surface area contributed by atoms with Gasteiger partial charge in [-0.05, 0) is 62.8 Å². The number of nitrogens with zero attached hydrogens (tertiary/aromatic N) is 1. The molecule has 1 atom stereocenters. The Bertz CT molecular complexity index is 973. The van der Waals surface area contributed by atoms with E-state index in [-0.39, 0.29) is 11.8 Å². The number of nitrogens with one attached hydrogen (secondary N) is 1. The van der Waals surface area contributed by atoms with Crippen LogP contribution in [0.3, 0.4) is 0 Å². The van der Waals surface area contributed by atoms with Gasteiger partial charge in [0.25, 0.3) is 0 Å². The van der Waals surface area contributed by atoms with Gasteiger partial charge in [-0.25, -0.2) is 0 Å². The van der Waals surface area contributed by atoms with Gasteiger partial charge in [0, 0.05) is 33.4 Å². The number of thiocarbonyl (C=S) groups is 1. The van der Waals surface area contributed by atoms with Crippen LogP contribution in [0.25, 0.3) is 0 Å². The van der Waals surface area contributed by atoms with Gasteiger partial charge in [0.1, 0.15) is 12.4 Å². The van der Waals surface area contributed by atoms with Crippen molar-refractivity contribution in [3.63, 3.8) is 0 Å². The fourth-order valence-corrected chi connectivity index (χ4v) is 4.27. The van der Waals surface area contributed by atoms with E-state index in [1.807, 2.05) is 49.1 Å². The summed E-state index contributed by atoms with van der Waals surface area (Å²) in [4.78, 5) is 14.3. The Morgan fingerprint density at radius 2 is 1.90 bits per heavy atom. The Balaban J connectivity index is 1.79. The standard InChI is InChI=1S/C22H22Cl2N2O2S/c1-4-26-13(2)20(14(3)27)21(25-22(26)29)15-6-9-18(10-7-15)28-12-16-5-8-17(23)11-19(16)24/h5-11,21H,4,12H2,1-3H3,(H,25,29). The molecule has 0 aromatic heterocycles. The minimum Gasteiger partial charge on any atom is -0.489 e. The second-order valence-corrected chi connectivity index (χ2v) is 8.01. The summed E-state index contributed by atoms with van der Waals surface area (Å²) in [5.41, 5.74) is 3.43. The molecule has 0 saturated carbocycles. The van der Waals surface area contributed by atoms with E-state index in [2.05, 4.69) is 5.32 Å². The van der Waals surface area contributed by atoms with Gasteiger partial charge in [0.2, 0.25) is 0 Å². The first-order valence-electron chi connectivity index (χ1n) is 9.28. The Kier molecular flexibility index (Phi) is 6.83. The Morgan fingerprint density at radius 3 is 2.48 bits per heavy atom. The van der Waals surface area contributed by atoms with Gasteiger partial charge >= 0.3 is 0 Å². The molecular weight excluding hydrogens is 427 g/mol. The molecule has 1 N–H and O–H groups in total. The normalized spacial score (nSPS) is 16.7. The predicted octanol–water partition coefficient (Wildman–Crippen LogP) is 5.69. The monoisotopic (exact) mass is 448 g/mol. The maximum atomic E-state index is 12.3. The second kappa shape index (κ2) is 9.16. The van der Waals surface area contributed by atoms with Gasteiger partial charge in [0.05, 0.1) is 6.04 Å². The molecule has 0 spiro atoms. The highest BCUT2D eigenvalue weighted by Crippen LogP contribution is 2.32. The highest BCUT2D eigenvalue weighted by molar-refractivity contribution is 7.80. The van der Waals surface area contributed by atoms with Crippen molar-refractivity contribution in [2.45, 2.75) is 33.4 Å². The van der Waals surface area contributed by atoms with Crippen LogP contribution in [0, 0.1) is 0 Å². The predicted molar refractivity (Wildman–Crippen MR) is 121 cm³/mol. The number of ketones is 1. The van der Waals surface area contributed by atoms with E-state index in [9.17, 15) is 4.79 Å². The summed E-state index contributed by atoms with van der Waals surface area (Å²) in [6.07, 6.45) is 0. The number of Topliss-reactive ketones (excluding diaryl/α,β-unsaturated/α-hetero) is 1. The van der Waals surface area contributed by atoms with Gasteiger partial charge in [-0.1, -0.05) is 41.4 Å². The van der Waals surface area contributed by atoms with Gasteiger partial charge < -0.3 is 15.0 Å². The topological polar surface area (TPSA) is 41.6 Å². The van der Waals surface area contributed by atoms with Crippen LogP contribution in [0.15, 0.2) is 53.7 Å². The van der Waals surface area contributed by atoms with E-state index in [1.165, 1.54) is 0 Å². The summed E-state index contributed by atoms with van der Waals surface area (Å²) >= 11 is 17.6. The van der Waals surface area contributed by atoms with Crippen LogP contribution >= 0.6 is 35.4 Å². The summed E-state index contributed by atoms with van der Waals surface area (Å²) in [5, 5.41) is 5.08. The third-order valence-corrected chi connectivity index (χ3v) is 5.84. The molecule has 1 aliphatic rings. The minimum atomic E-state index is -0.275. The number of hydrogen-bond acceptors (Lipinski definition) is 3. The van der Waals surface area contributed by atoms with Crippen molar-refractivity contribution >= 4 is 46.3 Å². The quantitative estimate of drug-likeness (QED) is 0.575. The molecule has 0 fully saturated rings. The van der Waals surface area contributed by atoms with Crippen LogP contribution in [-0.4, -0.2) is 22.3 Å². The smallest absolute Gasteiger partial charge is 0.173 e. The number of allylic oxidation sites excluding steroid dienone is 1.